The number of thiazole rings is 1. The van der Waals surface area contributed by atoms with Crippen molar-refractivity contribution in [2.45, 2.75) is 32.2 Å². The van der Waals surface area contributed by atoms with Gasteiger partial charge in [0.05, 0.1) is 18.2 Å². The van der Waals surface area contributed by atoms with Crippen LogP contribution < -0.4 is 5.32 Å². The number of carbonyl (C=O) groups excluding carboxylic acids is 1. The molecule has 1 N–H and O–H groups in total. The molecule has 0 radical (unpaired) electrons. The first-order chi connectivity index (χ1) is 11.2. The molecule has 1 fully saturated rings. The average molecular weight is 325 g/mol. The number of nitrogens with one attached hydrogen (secondary N) is 1. The van der Waals surface area contributed by atoms with Crippen LogP contribution >= 0.6 is 11.3 Å². The SMILES string of the molecule is Cc1ccc(C(NC(=O)Cc2cn3ccsc3n2)C2CC2)cc1. The van der Waals surface area contributed by atoms with Crippen molar-refractivity contribution in [2.24, 2.45) is 5.92 Å². The van der Waals surface area contributed by atoms with Crippen molar-refractivity contribution in [3.8, 4) is 0 Å². The third kappa shape index (κ3) is 3.15. The highest BCUT2D eigenvalue weighted by Gasteiger charge is 2.33. The summed E-state index contributed by atoms with van der Waals surface area (Å²) in [5.74, 6) is 0.625. The fourth-order valence-corrected chi connectivity index (χ4v) is 3.65. The third-order valence-corrected chi connectivity index (χ3v) is 5.10. The molecule has 3 aromatic rings. The van der Waals surface area contributed by atoms with Crippen molar-refractivity contribution >= 4 is 22.2 Å². The van der Waals surface area contributed by atoms with Crippen LogP contribution in [-0.2, 0) is 11.2 Å². The minimum Gasteiger partial charge on any atom is -0.349 e. The number of nitrogens with zero attached hydrogens (tertiary/aromatic N) is 2. The van der Waals surface area contributed by atoms with Crippen LogP contribution in [0.15, 0.2) is 42.0 Å². The number of imidazole rings is 1. The van der Waals surface area contributed by atoms with Gasteiger partial charge < -0.3 is 5.32 Å². The minimum absolute atomic E-state index is 0.0493. The van der Waals surface area contributed by atoms with Gasteiger partial charge in [-0.25, -0.2) is 4.98 Å². The van der Waals surface area contributed by atoms with E-state index in [9.17, 15) is 4.79 Å². The molecule has 0 bridgehead atoms. The summed E-state index contributed by atoms with van der Waals surface area (Å²) in [6, 6.07) is 8.61. The Morgan fingerprint density at radius 1 is 1.39 bits per heavy atom. The molecular formula is C18H19N3OS. The van der Waals surface area contributed by atoms with Gasteiger partial charge >= 0.3 is 0 Å². The van der Waals surface area contributed by atoms with Crippen molar-refractivity contribution in [3.05, 3.63) is 58.9 Å². The lowest BCUT2D eigenvalue weighted by Crippen LogP contribution is -2.31. The van der Waals surface area contributed by atoms with Crippen LogP contribution in [0.1, 0.15) is 35.7 Å². The number of carbonyl (C=O) groups is 1. The van der Waals surface area contributed by atoms with Crippen LogP contribution in [0.4, 0.5) is 0 Å². The monoisotopic (exact) mass is 325 g/mol. The number of benzene rings is 1. The fourth-order valence-electron chi connectivity index (χ4n) is 2.93. The van der Waals surface area contributed by atoms with E-state index in [1.165, 1.54) is 24.0 Å². The van der Waals surface area contributed by atoms with Crippen LogP contribution in [-0.4, -0.2) is 15.3 Å². The van der Waals surface area contributed by atoms with Gasteiger partial charge in [0.15, 0.2) is 4.96 Å². The molecule has 0 aliphatic heterocycles. The van der Waals surface area contributed by atoms with Crippen LogP contribution in [0.3, 0.4) is 0 Å². The summed E-state index contributed by atoms with van der Waals surface area (Å²) >= 11 is 1.58. The highest BCUT2D eigenvalue weighted by molar-refractivity contribution is 7.15. The lowest BCUT2D eigenvalue weighted by atomic mass is 10.0. The van der Waals surface area contributed by atoms with Crippen LogP contribution in [0, 0.1) is 12.8 Å². The summed E-state index contributed by atoms with van der Waals surface area (Å²) in [4.78, 5) is 17.9. The predicted octanol–water partition coefficient (Wildman–Crippen LogP) is 3.51. The van der Waals surface area contributed by atoms with Gasteiger partial charge in [0.25, 0.3) is 0 Å². The Morgan fingerprint density at radius 2 is 2.17 bits per heavy atom. The second-order valence-electron chi connectivity index (χ2n) is 6.30. The van der Waals surface area contributed by atoms with E-state index in [1.807, 2.05) is 22.2 Å². The Bertz CT molecular complexity index is 801. The first kappa shape index (κ1) is 14.5. The number of aromatic nitrogens is 2. The summed E-state index contributed by atoms with van der Waals surface area (Å²) in [6.45, 7) is 2.08. The van der Waals surface area contributed by atoms with Crippen molar-refractivity contribution < 1.29 is 4.79 Å². The van der Waals surface area contributed by atoms with Crippen molar-refractivity contribution in [3.63, 3.8) is 0 Å². The van der Waals surface area contributed by atoms with Gasteiger partial charge in [-0.3, -0.25) is 9.20 Å². The molecule has 1 unspecified atom stereocenters. The second-order valence-corrected chi connectivity index (χ2v) is 7.17. The maximum Gasteiger partial charge on any atom is 0.226 e. The van der Waals surface area contributed by atoms with Crippen molar-refractivity contribution in [2.75, 3.05) is 0 Å². The van der Waals surface area contributed by atoms with Gasteiger partial charge in [-0.15, -0.1) is 11.3 Å². The molecule has 1 saturated carbocycles. The van der Waals surface area contributed by atoms with E-state index in [0.29, 0.717) is 12.3 Å². The summed E-state index contributed by atoms with van der Waals surface area (Å²) < 4.78 is 1.96. The number of hydrogen-bond donors (Lipinski definition) is 1. The topological polar surface area (TPSA) is 46.4 Å². The maximum absolute atomic E-state index is 12.4. The number of fused-ring (bicyclic) bond motifs is 1. The average Bonchev–Trinajstić information content (AvgIpc) is 3.16. The molecule has 4 rings (SSSR count). The molecule has 1 aliphatic carbocycles. The zero-order valence-electron chi connectivity index (χ0n) is 13.0. The Balaban J connectivity index is 1.46. The van der Waals surface area contributed by atoms with Gasteiger partial charge in [0.2, 0.25) is 5.91 Å². The van der Waals surface area contributed by atoms with E-state index in [0.717, 1.165) is 10.7 Å². The Hall–Kier alpha value is -2.14. The summed E-state index contributed by atoms with van der Waals surface area (Å²) in [5, 5.41) is 5.21. The van der Waals surface area contributed by atoms with Crippen molar-refractivity contribution in [1.82, 2.24) is 14.7 Å². The van der Waals surface area contributed by atoms with Crippen LogP contribution in [0.2, 0.25) is 0 Å². The molecule has 1 aliphatic rings. The van der Waals surface area contributed by atoms with E-state index >= 15 is 0 Å². The molecule has 0 saturated heterocycles. The van der Waals surface area contributed by atoms with Gasteiger partial charge in [-0.2, -0.15) is 0 Å². The zero-order chi connectivity index (χ0) is 15.8. The molecule has 2 aromatic heterocycles. The van der Waals surface area contributed by atoms with E-state index < -0.39 is 0 Å². The van der Waals surface area contributed by atoms with Gasteiger partial charge in [-0.05, 0) is 31.2 Å². The van der Waals surface area contributed by atoms with E-state index in [1.54, 1.807) is 11.3 Å². The lowest BCUT2D eigenvalue weighted by molar-refractivity contribution is -0.121. The zero-order valence-corrected chi connectivity index (χ0v) is 13.8. The Morgan fingerprint density at radius 3 is 2.87 bits per heavy atom. The van der Waals surface area contributed by atoms with Gasteiger partial charge in [0.1, 0.15) is 0 Å². The van der Waals surface area contributed by atoms with E-state index in [4.69, 9.17) is 0 Å². The molecule has 2 heterocycles. The number of aryl methyl sites for hydroxylation is 1. The fraction of sp³-hybridized carbons (Fsp3) is 0.333. The number of rotatable bonds is 5. The molecule has 1 atom stereocenters. The highest BCUT2D eigenvalue weighted by Crippen LogP contribution is 2.41. The first-order valence-corrected chi connectivity index (χ1v) is 8.84. The molecule has 23 heavy (non-hydrogen) atoms. The molecular weight excluding hydrogens is 306 g/mol. The van der Waals surface area contributed by atoms with Crippen LogP contribution in [0.25, 0.3) is 4.96 Å². The molecule has 5 heteroatoms. The molecule has 4 nitrogen and oxygen atoms in total. The summed E-state index contributed by atoms with van der Waals surface area (Å²) in [7, 11) is 0. The second kappa shape index (κ2) is 5.81. The van der Waals surface area contributed by atoms with Crippen molar-refractivity contribution in [1.29, 1.82) is 0 Å². The number of hydrogen-bond acceptors (Lipinski definition) is 3. The molecule has 0 spiro atoms. The first-order valence-electron chi connectivity index (χ1n) is 7.96. The number of amides is 1. The maximum atomic E-state index is 12.4. The largest absolute Gasteiger partial charge is 0.349 e. The Kier molecular flexibility index (Phi) is 3.65. The third-order valence-electron chi connectivity index (χ3n) is 4.33. The highest BCUT2D eigenvalue weighted by atomic mass is 32.1. The quantitative estimate of drug-likeness (QED) is 0.780. The Labute approximate surface area is 139 Å². The van der Waals surface area contributed by atoms with Gasteiger partial charge in [-0.1, -0.05) is 29.8 Å². The summed E-state index contributed by atoms with van der Waals surface area (Å²) in [6.07, 6.45) is 6.62. The molecule has 1 aromatic carbocycles. The minimum atomic E-state index is 0.0493. The van der Waals surface area contributed by atoms with E-state index in [2.05, 4.69) is 41.5 Å². The van der Waals surface area contributed by atoms with E-state index in [-0.39, 0.29) is 11.9 Å². The lowest BCUT2D eigenvalue weighted by Gasteiger charge is -2.19. The van der Waals surface area contributed by atoms with Crippen LogP contribution in [0.5, 0.6) is 0 Å². The van der Waals surface area contributed by atoms with Gasteiger partial charge in [0, 0.05) is 17.8 Å². The molecule has 1 amide bonds. The smallest absolute Gasteiger partial charge is 0.226 e. The standard InChI is InChI=1S/C18H19N3OS/c1-12-2-4-13(5-3-12)17(14-6-7-14)20-16(22)10-15-11-21-8-9-23-18(21)19-15/h2-5,8-9,11,14,17H,6-7,10H2,1H3,(H,20,22). The predicted molar refractivity (Wildman–Crippen MR) is 91.6 cm³/mol. The summed E-state index contributed by atoms with van der Waals surface area (Å²) in [5.41, 5.74) is 3.28. The molecule has 118 valence electrons. The normalized spacial score (nSPS) is 15.7.